The van der Waals surface area contributed by atoms with Gasteiger partial charge < -0.3 is 9.47 Å². The Kier molecular flexibility index (Phi) is 4.01. The Bertz CT molecular complexity index is 719. The molecule has 1 aromatic carbocycles. The van der Waals surface area contributed by atoms with Crippen molar-refractivity contribution in [1.29, 1.82) is 0 Å². The minimum atomic E-state index is -0.132. The summed E-state index contributed by atoms with van der Waals surface area (Å²) in [5.74, 6) is 1.28. The van der Waals surface area contributed by atoms with Gasteiger partial charge >= 0.3 is 0 Å². The molecule has 0 saturated carbocycles. The van der Waals surface area contributed by atoms with Gasteiger partial charge in [-0.25, -0.2) is 0 Å². The first-order chi connectivity index (χ1) is 9.08. The second kappa shape index (κ2) is 5.54. The largest absolute Gasteiger partial charge is 0.497 e. The van der Waals surface area contributed by atoms with Gasteiger partial charge in [-0.3, -0.25) is 9.36 Å². The third-order valence-corrected chi connectivity index (χ3v) is 4.18. The molecule has 1 heterocycles. The third kappa shape index (κ3) is 2.54. The highest BCUT2D eigenvalue weighted by atomic mass is 32.1. The average molecular weight is 295 g/mol. The smallest absolute Gasteiger partial charge is 0.260 e. The van der Waals surface area contributed by atoms with Gasteiger partial charge in [0, 0.05) is 24.1 Å². The van der Waals surface area contributed by atoms with E-state index in [-0.39, 0.29) is 5.56 Å². The van der Waals surface area contributed by atoms with E-state index in [1.54, 1.807) is 38.8 Å². The second-order valence-electron chi connectivity index (χ2n) is 3.85. The number of benzene rings is 1. The van der Waals surface area contributed by atoms with Crippen LogP contribution in [-0.2, 0) is 7.05 Å². The van der Waals surface area contributed by atoms with Gasteiger partial charge in [-0.2, -0.15) is 0 Å². The Morgan fingerprint density at radius 2 is 1.95 bits per heavy atom. The van der Waals surface area contributed by atoms with Crippen molar-refractivity contribution in [2.24, 2.45) is 7.05 Å². The van der Waals surface area contributed by atoms with Crippen molar-refractivity contribution < 1.29 is 9.47 Å². The summed E-state index contributed by atoms with van der Waals surface area (Å²) >= 11 is 6.43. The molecular formula is C13H13NO3S2. The molecular weight excluding hydrogens is 282 g/mol. The summed E-state index contributed by atoms with van der Waals surface area (Å²) in [7, 11) is 4.82. The van der Waals surface area contributed by atoms with E-state index in [1.807, 2.05) is 6.07 Å². The van der Waals surface area contributed by atoms with E-state index in [0.717, 1.165) is 5.56 Å². The predicted octanol–water partition coefficient (Wildman–Crippen LogP) is 2.86. The number of methoxy groups -OCH3 is 2. The Labute approximate surface area is 119 Å². The van der Waals surface area contributed by atoms with Gasteiger partial charge in [0.15, 0.2) is 3.95 Å². The first kappa shape index (κ1) is 13.8. The number of nitrogens with zero attached hydrogens (tertiary/aromatic N) is 1. The molecule has 0 bridgehead atoms. The summed E-state index contributed by atoms with van der Waals surface area (Å²) in [5.41, 5.74) is 1.17. The van der Waals surface area contributed by atoms with Gasteiger partial charge in [-0.1, -0.05) is 0 Å². The van der Waals surface area contributed by atoms with E-state index < -0.39 is 0 Å². The van der Waals surface area contributed by atoms with Crippen molar-refractivity contribution in [3.63, 3.8) is 0 Å². The standard InChI is InChI=1S/C13H13NO3S2/c1-14-12(15)10(7-19-13(14)18)9-5-4-8(16-2)6-11(9)17-3/h4-7H,1-3H3. The summed E-state index contributed by atoms with van der Waals surface area (Å²) in [6.45, 7) is 0. The number of ether oxygens (including phenoxy) is 2. The van der Waals surface area contributed by atoms with Gasteiger partial charge in [-0.15, -0.1) is 11.3 Å². The van der Waals surface area contributed by atoms with Crippen molar-refractivity contribution in [2.75, 3.05) is 14.2 Å². The predicted molar refractivity (Wildman–Crippen MR) is 78.9 cm³/mol. The van der Waals surface area contributed by atoms with Gasteiger partial charge in [0.2, 0.25) is 0 Å². The second-order valence-corrected chi connectivity index (χ2v) is 5.35. The monoisotopic (exact) mass is 295 g/mol. The lowest BCUT2D eigenvalue weighted by Gasteiger charge is -2.10. The number of hydrogen-bond donors (Lipinski definition) is 0. The fraction of sp³-hybridized carbons (Fsp3) is 0.231. The van der Waals surface area contributed by atoms with E-state index in [4.69, 9.17) is 21.7 Å². The van der Waals surface area contributed by atoms with Gasteiger partial charge in [0.25, 0.3) is 5.56 Å². The molecule has 0 aliphatic heterocycles. The number of rotatable bonds is 3. The first-order valence-electron chi connectivity index (χ1n) is 5.49. The molecule has 0 fully saturated rings. The van der Waals surface area contributed by atoms with Crippen molar-refractivity contribution in [3.05, 3.63) is 37.9 Å². The van der Waals surface area contributed by atoms with Crippen LogP contribution in [0.5, 0.6) is 11.5 Å². The highest BCUT2D eigenvalue weighted by Gasteiger charge is 2.12. The van der Waals surface area contributed by atoms with Crippen LogP contribution in [0.3, 0.4) is 0 Å². The van der Waals surface area contributed by atoms with Crippen LogP contribution in [0.4, 0.5) is 0 Å². The topological polar surface area (TPSA) is 40.5 Å². The SMILES string of the molecule is COc1ccc(-c2csc(=S)n(C)c2=O)c(OC)c1. The molecule has 2 aromatic rings. The maximum atomic E-state index is 12.2. The van der Waals surface area contributed by atoms with Crippen molar-refractivity contribution in [1.82, 2.24) is 4.57 Å². The molecule has 6 heteroatoms. The maximum Gasteiger partial charge on any atom is 0.260 e. The molecule has 0 spiro atoms. The van der Waals surface area contributed by atoms with Crippen LogP contribution < -0.4 is 15.0 Å². The zero-order chi connectivity index (χ0) is 14.0. The van der Waals surface area contributed by atoms with Gasteiger partial charge in [0.1, 0.15) is 11.5 Å². The fourth-order valence-electron chi connectivity index (χ4n) is 1.70. The van der Waals surface area contributed by atoms with Crippen LogP contribution in [0.2, 0.25) is 0 Å². The quantitative estimate of drug-likeness (QED) is 0.816. The van der Waals surface area contributed by atoms with Crippen molar-refractivity contribution in [2.45, 2.75) is 0 Å². The Morgan fingerprint density at radius 1 is 1.21 bits per heavy atom. The van der Waals surface area contributed by atoms with Crippen LogP contribution in [0.25, 0.3) is 11.1 Å². The van der Waals surface area contributed by atoms with E-state index >= 15 is 0 Å². The molecule has 2 rings (SSSR count). The highest BCUT2D eigenvalue weighted by Crippen LogP contribution is 2.31. The fourth-order valence-corrected chi connectivity index (χ4v) is 2.62. The Balaban J connectivity index is 2.69. The molecule has 4 nitrogen and oxygen atoms in total. The summed E-state index contributed by atoms with van der Waals surface area (Å²) in [6.07, 6.45) is 0. The normalized spacial score (nSPS) is 10.3. The molecule has 100 valence electrons. The van der Waals surface area contributed by atoms with Crippen LogP contribution >= 0.6 is 23.6 Å². The van der Waals surface area contributed by atoms with Crippen LogP contribution in [-0.4, -0.2) is 18.8 Å². The lowest BCUT2D eigenvalue weighted by Crippen LogP contribution is -2.18. The molecule has 19 heavy (non-hydrogen) atoms. The first-order valence-corrected chi connectivity index (χ1v) is 6.78. The van der Waals surface area contributed by atoms with E-state index in [9.17, 15) is 4.79 Å². The summed E-state index contributed by atoms with van der Waals surface area (Å²) in [6, 6.07) is 5.36. The Hall–Kier alpha value is -1.66. The molecule has 0 N–H and O–H groups in total. The van der Waals surface area contributed by atoms with E-state index in [0.29, 0.717) is 21.0 Å². The minimum absolute atomic E-state index is 0.132. The molecule has 0 atom stereocenters. The van der Waals surface area contributed by atoms with Crippen LogP contribution in [0.15, 0.2) is 28.4 Å². The zero-order valence-corrected chi connectivity index (χ0v) is 12.4. The van der Waals surface area contributed by atoms with Crippen LogP contribution in [0.1, 0.15) is 0 Å². The summed E-state index contributed by atoms with van der Waals surface area (Å²) < 4.78 is 12.5. The average Bonchev–Trinajstić information content (AvgIpc) is 2.44. The zero-order valence-electron chi connectivity index (χ0n) is 10.8. The van der Waals surface area contributed by atoms with Gasteiger partial charge in [-0.05, 0) is 24.4 Å². The number of aromatic nitrogens is 1. The van der Waals surface area contributed by atoms with Crippen molar-refractivity contribution in [3.8, 4) is 22.6 Å². The maximum absolute atomic E-state index is 12.2. The number of hydrogen-bond acceptors (Lipinski definition) is 5. The van der Waals surface area contributed by atoms with Crippen LogP contribution in [0, 0.1) is 3.95 Å². The Morgan fingerprint density at radius 3 is 2.58 bits per heavy atom. The lowest BCUT2D eigenvalue weighted by atomic mass is 10.1. The summed E-state index contributed by atoms with van der Waals surface area (Å²) in [4.78, 5) is 12.2. The molecule has 0 aliphatic rings. The minimum Gasteiger partial charge on any atom is -0.497 e. The van der Waals surface area contributed by atoms with E-state index in [1.165, 1.54) is 15.9 Å². The molecule has 0 radical (unpaired) electrons. The molecule has 0 aliphatic carbocycles. The molecule has 1 aromatic heterocycles. The molecule has 0 amide bonds. The summed E-state index contributed by atoms with van der Waals surface area (Å²) in [5, 5.41) is 1.76. The van der Waals surface area contributed by atoms with E-state index in [2.05, 4.69) is 0 Å². The lowest BCUT2D eigenvalue weighted by molar-refractivity contribution is 0.395. The highest BCUT2D eigenvalue weighted by molar-refractivity contribution is 7.73. The molecule has 0 saturated heterocycles. The van der Waals surface area contributed by atoms with Gasteiger partial charge in [0.05, 0.1) is 19.8 Å². The van der Waals surface area contributed by atoms with Crippen molar-refractivity contribution >= 4 is 23.6 Å². The third-order valence-electron chi connectivity index (χ3n) is 2.79. The molecule has 0 unspecified atom stereocenters.